The Balaban J connectivity index is 1.39. The van der Waals surface area contributed by atoms with Gasteiger partial charge in [-0.05, 0) is 57.9 Å². The van der Waals surface area contributed by atoms with Gasteiger partial charge in [0.1, 0.15) is 22.2 Å². The van der Waals surface area contributed by atoms with Crippen molar-refractivity contribution in [2.45, 2.75) is 11.4 Å². The van der Waals surface area contributed by atoms with Crippen LogP contribution in [-0.2, 0) is 0 Å². The lowest BCUT2D eigenvalue weighted by atomic mass is 9.99. The highest BCUT2D eigenvalue weighted by Crippen LogP contribution is 2.56. The van der Waals surface area contributed by atoms with E-state index in [0.29, 0.717) is 5.75 Å². The first-order chi connectivity index (χ1) is 17.3. The molecule has 2 heterocycles. The lowest BCUT2D eigenvalue weighted by Crippen LogP contribution is -2.24. The first-order valence-electron chi connectivity index (χ1n) is 11.7. The first kappa shape index (κ1) is 20.6. The molecular formula is C29H21BN2O2S. The lowest BCUT2D eigenvalue weighted by molar-refractivity contribution is 0.454. The normalized spacial score (nSPS) is 18.4. The van der Waals surface area contributed by atoms with Crippen LogP contribution in [0.1, 0.15) is 17.2 Å². The summed E-state index contributed by atoms with van der Waals surface area (Å²) < 4.78 is 5.33. The highest BCUT2D eigenvalue weighted by Gasteiger charge is 2.45. The second kappa shape index (κ2) is 8.19. The fourth-order valence-electron chi connectivity index (χ4n) is 5.28. The molecule has 0 aromatic heterocycles. The number of aliphatic imine (C=N–C) groups is 1. The van der Waals surface area contributed by atoms with Crippen LogP contribution in [-0.4, -0.2) is 23.1 Å². The number of para-hydroxylation sites is 1. The van der Waals surface area contributed by atoms with E-state index in [1.54, 1.807) is 0 Å². The maximum Gasteiger partial charge on any atom is 0.504 e. The minimum atomic E-state index is -0.334. The van der Waals surface area contributed by atoms with Gasteiger partial charge in [0.2, 0.25) is 0 Å². The van der Waals surface area contributed by atoms with Crippen LogP contribution in [0, 0.1) is 0 Å². The molecule has 0 saturated heterocycles. The van der Waals surface area contributed by atoms with E-state index in [2.05, 4.69) is 95.9 Å². The number of thioether (sulfide) groups is 1. The number of hydrogen-bond donors (Lipinski definition) is 1. The van der Waals surface area contributed by atoms with Crippen molar-refractivity contribution in [1.82, 2.24) is 0 Å². The molecule has 2 unspecified atom stereocenters. The van der Waals surface area contributed by atoms with Crippen molar-refractivity contribution in [3.63, 3.8) is 0 Å². The van der Waals surface area contributed by atoms with Crippen LogP contribution in [0.4, 0.5) is 11.4 Å². The maximum absolute atomic E-state index is 9.18. The van der Waals surface area contributed by atoms with Gasteiger partial charge < -0.3 is 14.6 Å². The number of hydrogen-bond acceptors (Lipinski definition) is 5. The third-order valence-electron chi connectivity index (χ3n) is 6.84. The Morgan fingerprint density at radius 3 is 2.46 bits per heavy atom. The Labute approximate surface area is 208 Å². The van der Waals surface area contributed by atoms with Gasteiger partial charge in [0, 0.05) is 22.5 Å². The molecule has 1 N–H and O–H groups in total. The largest absolute Gasteiger partial charge is 0.539 e. The molecule has 0 saturated carbocycles. The molecule has 7 rings (SSSR count). The minimum Gasteiger partial charge on any atom is -0.539 e. The number of fused-ring (bicyclic) bond motifs is 6. The molecule has 2 aliphatic heterocycles. The molecule has 35 heavy (non-hydrogen) atoms. The number of rotatable bonds is 4. The van der Waals surface area contributed by atoms with Gasteiger partial charge in [0.15, 0.2) is 0 Å². The van der Waals surface area contributed by atoms with Gasteiger partial charge in [0.05, 0.1) is 0 Å². The third kappa shape index (κ3) is 3.33. The van der Waals surface area contributed by atoms with E-state index >= 15 is 0 Å². The number of benzene rings is 5. The molecule has 0 fully saturated rings. The van der Waals surface area contributed by atoms with Crippen LogP contribution < -0.4 is 9.55 Å². The zero-order valence-electron chi connectivity index (χ0n) is 18.8. The summed E-state index contributed by atoms with van der Waals surface area (Å²) in [6.07, 6.45) is 0. The maximum atomic E-state index is 9.18. The smallest absolute Gasteiger partial charge is 0.504 e. The van der Waals surface area contributed by atoms with Crippen molar-refractivity contribution in [3.8, 4) is 5.75 Å². The van der Waals surface area contributed by atoms with E-state index < -0.39 is 0 Å². The topological polar surface area (TPSA) is 45.1 Å². The second-order valence-electron chi connectivity index (χ2n) is 8.81. The van der Waals surface area contributed by atoms with Crippen molar-refractivity contribution in [2.24, 2.45) is 4.99 Å². The standard InChI is InChI=1S/C29H21BN2O2S/c33-30-34-23-13-14-24-20(17-23)12-15-25-26(24)27-29(32(25)22-8-2-1-3-9-22)35-28(31-27)21-11-10-18-6-4-5-7-19(18)16-21/h1-17,27,29-30,33H. The van der Waals surface area contributed by atoms with Gasteiger partial charge in [-0.2, -0.15) is 0 Å². The molecule has 5 aromatic carbocycles. The van der Waals surface area contributed by atoms with E-state index in [1.807, 2.05) is 23.9 Å². The molecule has 2 aliphatic rings. The summed E-state index contributed by atoms with van der Waals surface area (Å²) in [5, 5.41) is 15.1. The van der Waals surface area contributed by atoms with Crippen molar-refractivity contribution < 1.29 is 9.68 Å². The Hall–Kier alpha value is -3.74. The monoisotopic (exact) mass is 472 g/mol. The summed E-state index contributed by atoms with van der Waals surface area (Å²) >= 11 is 1.84. The van der Waals surface area contributed by atoms with Gasteiger partial charge in [-0.25, -0.2) is 0 Å². The van der Waals surface area contributed by atoms with Crippen molar-refractivity contribution in [1.29, 1.82) is 0 Å². The number of nitrogens with zero attached hydrogens (tertiary/aromatic N) is 2. The SMILES string of the molecule is OBOc1ccc2c3c(ccc2c1)N(c1ccccc1)C1SC(c2ccc4ccccc4c2)=NC31. The van der Waals surface area contributed by atoms with Gasteiger partial charge in [-0.15, -0.1) is 0 Å². The fraction of sp³-hybridized carbons (Fsp3) is 0.0690. The van der Waals surface area contributed by atoms with Crippen LogP contribution in [0.3, 0.4) is 0 Å². The molecular weight excluding hydrogens is 451 g/mol. The average molecular weight is 472 g/mol. The summed E-state index contributed by atoms with van der Waals surface area (Å²) in [7, 11) is -0.334. The van der Waals surface area contributed by atoms with E-state index in [-0.39, 0.29) is 19.1 Å². The van der Waals surface area contributed by atoms with Crippen LogP contribution in [0.25, 0.3) is 21.5 Å². The van der Waals surface area contributed by atoms with Crippen molar-refractivity contribution in [3.05, 3.63) is 114 Å². The molecule has 0 bridgehead atoms. The Morgan fingerprint density at radius 2 is 1.60 bits per heavy atom. The van der Waals surface area contributed by atoms with Crippen LogP contribution >= 0.6 is 11.8 Å². The van der Waals surface area contributed by atoms with Gasteiger partial charge in [0.25, 0.3) is 0 Å². The Kier molecular flexibility index (Phi) is 4.82. The van der Waals surface area contributed by atoms with Gasteiger partial charge in [-0.3, -0.25) is 4.99 Å². The zero-order valence-corrected chi connectivity index (χ0v) is 19.7. The summed E-state index contributed by atoms with van der Waals surface area (Å²) in [6, 6.07) is 36.0. The summed E-state index contributed by atoms with van der Waals surface area (Å²) in [5.74, 6) is 0.663. The summed E-state index contributed by atoms with van der Waals surface area (Å²) in [5.41, 5.74) is 4.78. The predicted molar refractivity (Wildman–Crippen MR) is 147 cm³/mol. The number of anilines is 2. The van der Waals surface area contributed by atoms with Crippen LogP contribution in [0.2, 0.25) is 0 Å². The third-order valence-corrected chi connectivity index (χ3v) is 8.11. The van der Waals surface area contributed by atoms with Gasteiger partial charge in [-0.1, -0.05) is 78.5 Å². The van der Waals surface area contributed by atoms with Crippen molar-refractivity contribution in [2.75, 3.05) is 4.90 Å². The molecule has 0 aliphatic carbocycles. The molecule has 4 nitrogen and oxygen atoms in total. The molecule has 0 amide bonds. The minimum absolute atomic E-state index is 0.0185. The molecule has 0 spiro atoms. The van der Waals surface area contributed by atoms with E-state index in [9.17, 15) is 5.02 Å². The molecule has 5 aromatic rings. The molecule has 0 radical (unpaired) electrons. The first-order valence-corrected chi connectivity index (χ1v) is 12.6. The summed E-state index contributed by atoms with van der Waals surface area (Å²) in [4.78, 5) is 7.75. The predicted octanol–water partition coefficient (Wildman–Crippen LogP) is 6.34. The molecule has 168 valence electrons. The van der Waals surface area contributed by atoms with E-state index in [4.69, 9.17) is 9.65 Å². The van der Waals surface area contributed by atoms with E-state index in [1.165, 1.54) is 33.1 Å². The van der Waals surface area contributed by atoms with Gasteiger partial charge >= 0.3 is 7.69 Å². The molecule has 2 atom stereocenters. The Morgan fingerprint density at radius 1 is 0.800 bits per heavy atom. The highest BCUT2D eigenvalue weighted by molar-refractivity contribution is 8.15. The fourth-order valence-corrected chi connectivity index (χ4v) is 6.62. The molecule has 6 heteroatoms. The highest BCUT2D eigenvalue weighted by atomic mass is 32.2. The second-order valence-corrected chi connectivity index (χ2v) is 9.92. The zero-order chi connectivity index (χ0) is 23.4. The lowest BCUT2D eigenvalue weighted by Gasteiger charge is -2.26. The van der Waals surface area contributed by atoms with E-state index in [0.717, 1.165) is 16.0 Å². The summed E-state index contributed by atoms with van der Waals surface area (Å²) in [6.45, 7) is 0. The van der Waals surface area contributed by atoms with Crippen molar-refractivity contribution >= 4 is 57.4 Å². The quantitative estimate of drug-likeness (QED) is 0.310. The van der Waals surface area contributed by atoms with Crippen LogP contribution in [0.15, 0.2) is 108 Å². The average Bonchev–Trinajstić information content (AvgIpc) is 3.46. The van der Waals surface area contributed by atoms with Crippen LogP contribution in [0.5, 0.6) is 5.75 Å². The Bertz CT molecular complexity index is 1620.